The number of benzene rings is 1. The summed E-state index contributed by atoms with van der Waals surface area (Å²) in [5.74, 6) is 0.747. The summed E-state index contributed by atoms with van der Waals surface area (Å²) in [5, 5.41) is 0. The van der Waals surface area contributed by atoms with Gasteiger partial charge in [0.25, 0.3) is 0 Å². The molecule has 0 saturated heterocycles. The summed E-state index contributed by atoms with van der Waals surface area (Å²) >= 11 is 3.50. The van der Waals surface area contributed by atoms with E-state index in [2.05, 4.69) is 20.7 Å². The first-order valence-electron chi connectivity index (χ1n) is 6.75. The molecule has 5 heteroatoms. The van der Waals surface area contributed by atoms with Crippen molar-refractivity contribution >= 4 is 26.0 Å². The van der Waals surface area contributed by atoms with Crippen molar-refractivity contribution < 1.29 is 8.42 Å². The van der Waals surface area contributed by atoms with Crippen molar-refractivity contribution in [2.45, 2.75) is 43.4 Å². The summed E-state index contributed by atoms with van der Waals surface area (Å²) < 4.78 is 26.7. The summed E-state index contributed by atoms with van der Waals surface area (Å²) in [5.41, 5.74) is 1.21. The third-order valence-electron chi connectivity index (χ3n) is 3.84. The molecule has 3 nitrogen and oxygen atoms in total. The Kier molecular flexibility index (Phi) is 5.03. The second-order valence-corrected chi connectivity index (χ2v) is 7.91. The zero-order valence-electron chi connectivity index (χ0n) is 11.2. The first-order chi connectivity index (χ1) is 9.03. The predicted molar refractivity (Wildman–Crippen MR) is 80.7 cm³/mol. The molecule has 1 saturated carbocycles. The number of nitrogens with one attached hydrogen (secondary N) is 1. The highest BCUT2D eigenvalue weighted by Crippen LogP contribution is 2.30. The Morgan fingerprint density at radius 1 is 1.26 bits per heavy atom. The molecule has 0 aromatic heterocycles. The quantitative estimate of drug-likeness (QED) is 0.907. The van der Waals surface area contributed by atoms with Crippen molar-refractivity contribution in [2.75, 3.05) is 7.05 Å². The van der Waals surface area contributed by atoms with Gasteiger partial charge in [-0.05, 0) is 37.1 Å². The number of sulfonamides is 1. The van der Waals surface area contributed by atoms with E-state index in [1.165, 1.54) is 44.7 Å². The van der Waals surface area contributed by atoms with Crippen molar-refractivity contribution in [3.63, 3.8) is 0 Å². The van der Waals surface area contributed by atoms with Gasteiger partial charge in [0.1, 0.15) is 0 Å². The van der Waals surface area contributed by atoms with Gasteiger partial charge in [-0.25, -0.2) is 13.1 Å². The van der Waals surface area contributed by atoms with Crippen LogP contribution in [0.1, 0.15) is 37.7 Å². The maximum Gasteiger partial charge on any atom is 0.240 e. The summed E-state index contributed by atoms with van der Waals surface area (Å²) in [6.45, 7) is 0. The molecular weight excluding hydrogens is 326 g/mol. The summed E-state index contributed by atoms with van der Waals surface area (Å²) in [7, 11) is -1.92. The molecule has 0 bridgehead atoms. The first-order valence-corrected chi connectivity index (χ1v) is 9.02. The molecule has 0 radical (unpaired) electrons. The fourth-order valence-electron chi connectivity index (χ4n) is 2.68. The van der Waals surface area contributed by atoms with Crippen LogP contribution in [0.25, 0.3) is 0 Å². The Balaban J connectivity index is 2.15. The van der Waals surface area contributed by atoms with E-state index in [-0.39, 0.29) is 0 Å². The predicted octanol–water partition coefficient (Wildman–Crippen LogP) is 3.48. The zero-order chi connectivity index (χ0) is 13.9. The van der Waals surface area contributed by atoms with Crippen LogP contribution in [0, 0.1) is 5.92 Å². The van der Waals surface area contributed by atoms with Gasteiger partial charge in [0.15, 0.2) is 0 Å². The van der Waals surface area contributed by atoms with Gasteiger partial charge in [-0.2, -0.15) is 0 Å². The molecule has 1 aliphatic rings. The molecule has 0 unspecified atom stereocenters. The van der Waals surface area contributed by atoms with Crippen LogP contribution in [0.3, 0.4) is 0 Å². The molecular formula is C14H20BrNO2S. The zero-order valence-corrected chi connectivity index (χ0v) is 13.6. The molecule has 0 atom stereocenters. The van der Waals surface area contributed by atoms with Gasteiger partial charge >= 0.3 is 0 Å². The highest BCUT2D eigenvalue weighted by molar-refractivity contribution is 9.10. The largest absolute Gasteiger partial charge is 0.240 e. The fourth-order valence-corrected chi connectivity index (χ4v) is 4.13. The molecule has 106 valence electrons. The molecule has 0 heterocycles. The smallest absolute Gasteiger partial charge is 0.214 e. The lowest BCUT2D eigenvalue weighted by molar-refractivity contribution is 0.356. The Morgan fingerprint density at radius 2 is 1.95 bits per heavy atom. The number of hydrogen-bond acceptors (Lipinski definition) is 2. The minimum Gasteiger partial charge on any atom is -0.214 e. The second-order valence-electron chi connectivity index (χ2n) is 5.17. The lowest BCUT2D eigenvalue weighted by atomic mass is 9.85. The van der Waals surface area contributed by atoms with E-state index in [4.69, 9.17) is 0 Å². The standard InChI is InChI=1S/C14H20BrNO2S/c1-16-19(17,18)13-8-7-12(14(15)10-13)9-11-5-3-2-4-6-11/h7-8,10-11,16H,2-6,9H2,1H3. The Morgan fingerprint density at radius 3 is 2.53 bits per heavy atom. The molecule has 0 amide bonds. The van der Waals surface area contributed by atoms with Gasteiger partial charge < -0.3 is 0 Å². The van der Waals surface area contributed by atoms with E-state index >= 15 is 0 Å². The average molecular weight is 346 g/mol. The molecule has 1 N–H and O–H groups in total. The van der Waals surface area contributed by atoms with Crippen molar-refractivity contribution in [1.82, 2.24) is 4.72 Å². The normalized spacial score (nSPS) is 17.6. The van der Waals surface area contributed by atoms with Crippen LogP contribution in [0.2, 0.25) is 0 Å². The fraction of sp³-hybridized carbons (Fsp3) is 0.571. The maximum absolute atomic E-state index is 11.7. The van der Waals surface area contributed by atoms with E-state index in [1.807, 2.05) is 6.07 Å². The molecule has 19 heavy (non-hydrogen) atoms. The maximum atomic E-state index is 11.7. The van der Waals surface area contributed by atoms with Crippen LogP contribution >= 0.6 is 15.9 Å². The third kappa shape index (κ3) is 3.80. The Hall–Kier alpha value is -0.390. The Bertz CT molecular complexity index is 536. The van der Waals surface area contributed by atoms with Crippen LogP contribution < -0.4 is 4.72 Å². The van der Waals surface area contributed by atoms with E-state index in [0.717, 1.165) is 16.8 Å². The lowest BCUT2D eigenvalue weighted by Gasteiger charge is -2.22. The van der Waals surface area contributed by atoms with Gasteiger partial charge in [-0.1, -0.05) is 54.1 Å². The SMILES string of the molecule is CNS(=O)(=O)c1ccc(CC2CCCCC2)c(Br)c1. The molecule has 1 fully saturated rings. The van der Waals surface area contributed by atoms with Gasteiger partial charge in [-0.15, -0.1) is 0 Å². The molecule has 0 aliphatic heterocycles. The minimum atomic E-state index is -3.35. The summed E-state index contributed by atoms with van der Waals surface area (Å²) in [6.07, 6.45) is 7.65. The van der Waals surface area contributed by atoms with Crippen molar-refractivity contribution in [2.24, 2.45) is 5.92 Å². The third-order valence-corrected chi connectivity index (χ3v) is 5.99. The second kappa shape index (κ2) is 6.37. The molecule has 0 spiro atoms. The highest BCUT2D eigenvalue weighted by atomic mass is 79.9. The molecule has 1 aromatic carbocycles. The molecule has 2 rings (SSSR count). The van der Waals surface area contributed by atoms with Crippen LogP contribution in [0.15, 0.2) is 27.6 Å². The highest BCUT2D eigenvalue weighted by Gasteiger charge is 2.17. The van der Waals surface area contributed by atoms with Gasteiger partial charge in [-0.3, -0.25) is 0 Å². The molecule has 1 aromatic rings. The van der Waals surface area contributed by atoms with Crippen LogP contribution in [-0.4, -0.2) is 15.5 Å². The van der Waals surface area contributed by atoms with Crippen LogP contribution in [-0.2, 0) is 16.4 Å². The number of rotatable bonds is 4. The summed E-state index contributed by atoms with van der Waals surface area (Å²) in [4.78, 5) is 0.314. The van der Waals surface area contributed by atoms with Gasteiger partial charge in [0.05, 0.1) is 4.90 Å². The van der Waals surface area contributed by atoms with E-state index < -0.39 is 10.0 Å². The monoisotopic (exact) mass is 345 g/mol. The number of halogens is 1. The van der Waals surface area contributed by atoms with Gasteiger partial charge in [0, 0.05) is 4.47 Å². The number of hydrogen-bond donors (Lipinski definition) is 1. The van der Waals surface area contributed by atoms with E-state index in [9.17, 15) is 8.42 Å². The van der Waals surface area contributed by atoms with Crippen LogP contribution in [0.5, 0.6) is 0 Å². The van der Waals surface area contributed by atoms with Crippen molar-refractivity contribution in [3.8, 4) is 0 Å². The summed E-state index contributed by atoms with van der Waals surface area (Å²) in [6, 6.07) is 5.32. The Labute approximate surface area is 124 Å². The van der Waals surface area contributed by atoms with E-state index in [0.29, 0.717) is 4.90 Å². The first kappa shape index (κ1) is 15.0. The van der Waals surface area contributed by atoms with Crippen LogP contribution in [0.4, 0.5) is 0 Å². The topological polar surface area (TPSA) is 46.2 Å². The average Bonchev–Trinajstić information content (AvgIpc) is 2.42. The lowest BCUT2D eigenvalue weighted by Crippen LogP contribution is -2.18. The van der Waals surface area contributed by atoms with Crippen molar-refractivity contribution in [1.29, 1.82) is 0 Å². The molecule has 1 aliphatic carbocycles. The van der Waals surface area contributed by atoms with Gasteiger partial charge in [0.2, 0.25) is 10.0 Å². The van der Waals surface area contributed by atoms with Crippen molar-refractivity contribution in [3.05, 3.63) is 28.2 Å². The minimum absolute atomic E-state index is 0.314. The van der Waals surface area contributed by atoms with E-state index in [1.54, 1.807) is 12.1 Å².